The molecule has 4 aliphatic rings. The van der Waals surface area contributed by atoms with Gasteiger partial charge in [-0.15, -0.1) is 0 Å². The molecule has 0 aliphatic carbocycles. The number of hydrogen-bond donors (Lipinski definition) is 4. The van der Waals surface area contributed by atoms with Gasteiger partial charge in [0.05, 0.1) is 18.1 Å². The minimum Gasteiger partial charge on any atom is -0.428 e. The standard InChI is InChI=1S/C15H27B2N5O6P2/c1-6-9(5-21-3-8(4-21)18-15-27-30(20-17)28-15)12(14(25)26-29-19-16)22-11(6)10(7(2)23)13(22)24/h6-8,10-11,15,18-20,23,29H,3-5,16-17H2,1-2H3/t6-,7+,10?,11+,15?,30?/m0/s1. The number of aliphatic hydroxyl groups is 1. The summed E-state index contributed by atoms with van der Waals surface area (Å²) < 4.78 is 16.3. The number of fused-ring (bicyclic) bond motifs is 1. The van der Waals surface area contributed by atoms with Gasteiger partial charge >= 0.3 is 5.97 Å². The van der Waals surface area contributed by atoms with Gasteiger partial charge in [0.2, 0.25) is 12.3 Å². The summed E-state index contributed by atoms with van der Waals surface area (Å²) in [6.07, 6.45) is -1.13. The normalized spacial score (nSPS) is 35.2. The van der Waals surface area contributed by atoms with Crippen LogP contribution in [0.1, 0.15) is 13.8 Å². The van der Waals surface area contributed by atoms with E-state index in [1.807, 2.05) is 6.92 Å². The van der Waals surface area contributed by atoms with Gasteiger partial charge in [-0.05, 0) is 12.5 Å². The maximum absolute atomic E-state index is 12.7. The van der Waals surface area contributed by atoms with E-state index in [1.165, 1.54) is 4.90 Å². The van der Waals surface area contributed by atoms with Crippen LogP contribution >= 0.6 is 17.5 Å². The number of β-lactam (4-membered cyclic amide) rings is 1. The van der Waals surface area contributed by atoms with Crippen molar-refractivity contribution in [2.45, 2.75) is 38.4 Å². The van der Waals surface area contributed by atoms with Gasteiger partial charge in [-0.3, -0.25) is 29.1 Å². The van der Waals surface area contributed by atoms with Crippen LogP contribution in [0.4, 0.5) is 0 Å². The maximum atomic E-state index is 12.7. The second-order valence-corrected chi connectivity index (χ2v) is 10.2. The Morgan fingerprint density at radius 2 is 2.13 bits per heavy atom. The average Bonchev–Trinajstić information content (AvgIpc) is 2.88. The molecule has 0 spiro atoms. The van der Waals surface area contributed by atoms with Crippen molar-refractivity contribution in [1.29, 1.82) is 0 Å². The Kier molecular flexibility index (Phi) is 6.85. The first-order valence-corrected chi connectivity index (χ1v) is 12.1. The van der Waals surface area contributed by atoms with Crippen LogP contribution in [0.5, 0.6) is 0 Å². The lowest BCUT2D eigenvalue weighted by Crippen LogP contribution is -2.63. The SMILES string of the molecule is BNPOC(=O)C1=C(CN2CC(NC3OP(NB)O3)C2)[C@H](C)[C@@H]2C([C@@H](C)O)C(=O)N12. The van der Waals surface area contributed by atoms with Gasteiger partial charge in [-0.25, -0.2) is 4.79 Å². The topological polar surface area (TPSA) is 125 Å². The zero-order chi connectivity index (χ0) is 21.6. The molecule has 4 heterocycles. The molecule has 164 valence electrons. The first kappa shape index (κ1) is 22.6. The fraction of sp³-hybridized carbons (Fsp3) is 0.733. The van der Waals surface area contributed by atoms with E-state index >= 15 is 0 Å². The van der Waals surface area contributed by atoms with Crippen molar-refractivity contribution in [1.82, 2.24) is 25.1 Å². The molecule has 1 amide bonds. The van der Waals surface area contributed by atoms with E-state index in [2.05, 4.69) is 20.2 Å². The van der Waals surface area contributed by atoms with Gasteiger partial charge in [0.25, 0.3) is 8.53 Å². The second kappa shape index (κ2) is 9.10. The molecule has 0 saturated carbocycles. The van der Waals surface area contributed by atoms with Crippen LogP contribution in [0, 0.1) is 11.8 Å². The third-order valence-electron chi connectivity index (χ3n) is 6.04. The van der Waals surface area contributed by atoms with E-state index in [9.17, 15) is 14.7 Å². The minimum absolute atomic E-state index is 0.0211. The number of nitrogens with zero attached hydrogens (tertiary/aromatic N) is 2. The van der Waals surface area contributed by atoms with E-state index in [1.54, 1.807) is 22.9 Å². The van der Waals surface area contributed by atoms with Crippen molar-refractivity contribution in [3.8, 4) is 0 Å². The van der Waals surface area contributed by atoms with Gasteiger partial charge in [0, 0.05) is 31.6 Å². The molecule has 11 nitrogen and oxygen atoms in total. The molecule has 3 fully saturated rings. The van der Waals surface area contributed by atoms with Crippen molar-refractivity contribution in [2.24, 2.45) is 11.8 Å². The molecular weight excluding hydrogens is 430 g/mol. The molecule has 4 rings (SSSR count). The van der Waals surface area contributed by atoms with Crippen molar-refractivity contribution in [2.75, 3.05) is 19.6 Å². The number of amides is 1. The molecule has 3 saturated heterocycles. The molecule has 30 heavy (non-hydrogen) atoms. The number of carbonyl (C=O) groups is 2. The predicted molar refractivity (Wildman–Crippen MR) is 116 cm³/mol. The molecule has 4 aliphatic heterocycles. The van der Waals surface area contributed by atoms with Crippen molar-refractivity contribution in [3.05, 3.63) is 11.3 Å². The third-order valence-corrected chi connectivity index (χ3v) is 7.67. The first-order chi connectivity index (χ1) is 14.3. The average molecular weight is 457 g/mol. The van der Waals surface area contributed by atoms with E-state index in [4.69, 9.17) is 13.6 Å². The molecule has 0 radical (unpaired) electrons. The lowest BCUT2D eigenvalue weighted by atomic mass is 9.77. The molecule has 0 aromatic heterocycles. The van der Waals surface area contributed by atoms with E-state index in [0.29, 0.717) is 12.2 Å². The molecule has 0 aromatic rings. The van der Waals surface area contributed by atoms with E-state index in [0.717, 1.165) is 18.7 Å². The Morgan fingerprint density at radius 1 is 1.43 bits per heavy atom. The summed E-state index contributed by atoms with van der Waals surface area (Å²) in [6.45, 7) is 5.79. The predicted octanol–water partition coefficient (Wildman–Crippen LogP) is -2.74. The van der Waals surface area contributed by atoms with E-state index < -0.39 is 26.5 Å². The van der Waals surface area contributed by atoms with Gasteiger partial charge in [0.1, 0.15) is 14.7 Å². The number of likely N-dealkylation sites (tertiary alicyclic amines) is 1. The van der Waals surface area contributed by atoms with Crippen LogP contribution in [0.25, 0.3) is 0 Å². The summed E-state index contributed by atoms with van der Waals surface area (Å²) in [5.74, 6) is -1.20. The Labute approximate surface area is 180 Å². The van der Waals surface area contributed by atoms with Crippen LogP contribution in [0.2, 0.25) is 0 Å². The van der Waals surface area contributed by atoms with Crippen LogP contribution in [0.3, 0.4) is 0 Å². The van der Waals surface area contributed by atoms with Gasteiger partial charge in [-0.2, -0.15) is 0 Å². The lowest BCUT2D eigenvalue weighted by molar-refractivity contribution is -0.162. The van der Waals surface area contributed by atoms with Gasteiger partial charge in [-0.1, -0.05) is 6.92 Å². The van der Waals surface area contributed by atoms with Gasteiger partial charge in [0.15, 0.2) is 16.0 Å². The summed E-state index contributed by atoms with van der Waals surface area (Å²) in [5, 5.41) is 13.3. The molecule has 15 heteroatoms. The summed E-state index contributed by atoms with van der Waals surface area (Å²) in [7, 11) is 2.35. The number of aliphatic hydroxyl groups excluding tert-OH is 1. The maximum Gasteiger partial charge on any atom is 0.358 e. The summed E-state index contributed by atoms with van der Waals surface area (Å²) >= 11 is 0. The van der Waals surface area contributed by atoms with Crippen LogP contribution in [0.15, 0.2) is 11.3 Å². The minimum atomic E-state index is -0.958. The number of rotatable bonds is 9. The largest absolute Gasteiger partial charge is 0.428 e. The highest BCUT2D eigenvalue weighted by molar-refractivity contribution is 7.47. The molecule has 4 N–H and O–H groups in total. The van der Waals surface area contributed by atoms with Crippen molar-refractivity contribution >= 4 is 45.3 Å². The van der Waals surface area contributed by atoms with Gasteiger partial charge < -0.3 is 19.5 Å². The Morgan fingerprint density at radius 3 is 2.73 bits per heavy atom. The Balaban J connectivity index is 1.40. The smallest absolute Gasteiger partial charge is 0.358 e. The third kappa shape index (κ3) is 3.96. The summed E-state index contributed by atoms with van der Waals surface area (Å²) in [4.78, 5) is 34.9. The zero-order valence-corrected chi connectivity index (χ0v) is 19.3. The molecule has 5 atom stereocenters. The fourth-order valence-corrected chi connectivity index (χ4v) is 5.56. The molecule has 2 unspecified atom stereocenters. The van der Waals surface area contributed by atoms with Crippen LogP contribution < -0.4 is 15.3 Å². The van der Waals surface area contributed by atoms with Crippen LogP contribution in [-0.4, -0.2) is 87.0 Å². The lowest BCUT2D eigenvalue weighted by Gasteiger charge is -2.46. The second-order valence-electron chi connectivity index (χ2n) is 7.95. The van der Waals surface area contributed by atoms with E-state index in [-0.39, 0.29) is 39.3 Å². The highest BCUT2D eigenvalue weighted by atomic mass is 31.2. The highest BCUT2D eigenvalue weighted by Crippen LogP contribution is 2.48. The summed E-state index contributed by atoms with van der Waals surface area (Å²) in [6, 6.07) is 0.0482. The number of nitrogens with one attached hydrogen (secondary N) is 3. The monoisotopic (exact) mass is 457 g/mol. The quantitative estimate of drug-likeness (QED) is 0.165. The fourth-order valence-electron chi connectivity index (χ4n) is 4.57. The van der Waals surface area contributed by atoms with Crippen molar-refractivity contribution in [3.63, 3.8) is 0 Å². The first-order valence-electron chi connectivity index (χ1n) is 10.0. The number of carbonyl (C=O) groups excluding carboxylic acids is 2. The van der Waals surface area contributed by atoms with Crippen LogP contribution in [-0.2, 0) is 23.2 Å². The molecule has 0 aromatic carbocycles. The van der Waals surface area contributed by atoms with Crippen molar-refractivity contribution < 1.29 is 28.3 Å². The molecular formula is C15H27B2N5O6P2. The highest BCUT2D eigenvalue weighted by Gasteiger charge is 2.60. The zero-order valence-electron chi connectivity index (χ0n) is 17.4. The Hall–Kier alpha value is -0.610. The number of hydrogen-bond acceptors (Lipinski definition) is 10. The summed E-state index contributed by atoms with van der Waals surface area (Å²) in [5.41, 5.74) is 1.24. The molecule has 0 bridgehead atoms. The Bertz CT molecular complexity index is 736.